The lowest BCUT2D eigenvalue weighted by Gasteiger charge is -2.11. The first-order valence-electron chi connectivity index (χ1n) is 28.0. The lowest BCUT2D eigenvalue weighted by molar-refractivity contribution is 0.585. The number of hydrogen-bond acceptors (Lipinski definition) is 15. The maximum atomic E-state index is 14.6. The maximum Gasteiger partial charge on any atom is 0.208 e. The van der Waals surface area contributed by atoms with E-state index in [9.17, 15) is 34.0 Å². The van der Waals surface area contributed by atoms with Crippen molar-refractivity contribution >= 4 is 81.4 Å². The topological polar surface area (TPSA) is 272 Å². The predicted molar refractivity (Wildman–Crippen MR) is 352 cm³/mol. The number of benzene rings is 1. The fourth-order valence-corrected chi connectivity index (χ4v) is 11.8. The van der Waals surface area contributed by atoms with Crippen LogP contribution in [0.25, 0.3) is 95.4 Å². The molecule has 12 aromatic heterocycles. The number of sulfone groups is 2. The summed E-state index contributed by atoms with van der Waals surface area (Å²) in [5.41, 5.74) is 13.9. The van der Waals surface area contributed by atoms with Crippen molar-refractivity contribution in [3.05, 3.63) is 204 Å². The van der Waals surface area contributed by atoms with Crippen molar-refractivity contribution in [3.8, 4) is 78.4 Å². The van der Waals surface area contributed by atoms with Crippen LogP contribution in [-0.4, -0.2) is 115 Å². The molecule has 0 saturated heterocycles. The van der Waals surface area contributed by atoms with Crippen LogP contribution in [0.5, 0.6) is 0 Å². The monoisotopic (exact) mass is 1360 g/mol. The van der Waals surface area contributed by atoms with Crippen molar-refractivity contribution in [2.24, 2.45) is 26.3 Å². The van der Waals surface area contributed by atoms with E-state index in [1.54, 1.807) is 95.3 Å². The highest BCUT2D eigenvalue weighted by atomic mass is 35.5. The summed E-state index contributed by atoms with van der Waals surface area (Å²) in [6.07, 6.45) is 22.2. The zero-order valence-electron chi connectivity index (χ0n) is 50.0. The molecule has 12 heterocycles. The SMILES string of the molecule is CCS(=O)(=O)Cc1cc(-c2cnc3cc(-c4cnn(C)c4)ccn23)cc(-c2ccc(F)cc2F)n1.CCS(=O)(=O)Cc1cc(-c2cnc3cc(-c4cnn(C)c4)ccn23)cc(Cl)n1.CCS(N)(=O)=O.Cn1cc(-c2ccn3c(-c4cc(Cl)nc(Cl)c4)cnc3c2)cn1. The average molecular weight is 1360 g/mol. The normalized spacial score (nSPS) is 11.7. The minimum atomic E-state index is -3.40. The van der Waals surface area contributed by atoms with E-state index < -0.39 is 41.3 Å². The minimum absolute atomic E-state index is 0.0208. The fraction of sp³-hybridized carbons (Fsp3) is 0.177. The van der Waals surface area contributed by atoms with Gasteiger partial charge in [-0.15, -0.1) is 0 Å². The first-order valence-corrected chi connectivity index (χ1v) is 34.5. The summed E-state index contributed by atoms with van der Waals surface area (Å²) in [5, 5.41) is 18.1. The molecule has 0 aliphatic heterocycles. The van der Waals surface area contributed by atoms with Gasteiger partial charge in [-0.3, -0.25) is 32.2 Å². The van der Waals surface area contributed by atoms with Gasteiger partial charge in [-0.25, -0.2) is 64.1 Å². The second-order valence-electron chi connectivity index (χ2n) is 20.9. The third kappa shape index (κ3) is 16.0. The summed E-state index contributed by atoms with van der Waals surface area (Å²) >= 11 is 18.1. The maximum absolute atomic E-state index is 14.6. The molecule has 92 heavy (non-hydrogen) atoms. The highest BCUT2D eigenvalue weighted by Crippen LogP contribution is 2.33. The van der Waals surface area contributed by atoms with Crippen LogP contribution < -0.4 is 5.14 Å². The molecule has 0 aliphatic rings. The van der Waals surface area contributed by atoms with Crippen LogP contribution in [0.1, 0.15) is 32.2 Å². The molecular formula is C62H57Cl3F2N16O6S3. The predicted octanol–water partition coefficient (Wildman–Crippen LogP) is 11.5. The summed E-state index contributed by atoms with van der Waals surface area (Å²) in [4.78, 5) is 26.0. The van der Waals surface area contributed by atoms with Crippen LogP contribution in [0.2, 0.25) is 15.5 Å². The molecule has 13 rings (SSSR count). The number of nitrogens with two attached hydrogens (primary N) is 1. The molecule has 0 spiro atoms. The summed E-state index contributed by atoms with van der Waals surface area (Å²) < 4.78 is 107. The molecule has 2 N–H and O–H groups in total. The Morgan fingerprint density at radius 3 is 1.16 bits per heavy atom. The lowest BCUT2D eigenvalue weighted by Crippen LogP contribution is -2.13. The highest BCUT2D eigenvalue weighted by molar-refractivity contribution is 7.90. The van der Waals surface area contributed by atoms with Gasteiger partial charge in [0, 0.05) is 115 Å². The van der Waals surface area contributed by atoms with Gasteiger partial charge < -0.3 is 0 Å². The molecule has 0 fully saturated rings. The third-order valence-electron chi connectivity index (χ3n) is 14.3. The number of fused-ring (bicyclic) bond motifs is 3. The smallest absolute Gasteiger partial charge is 0.208 e. The Morgan fingerprint density at radius 1 is 0.435 bits per heavy atom. The lowest BCUT2D eigenvalue weighted by atomic mass is 10.1. The zero-order valence-corrected chi connectivity index (χ0v) is 54.7. The number of primary sulfonamides is 1. The number of aromatic nitrogens is 15. The Bertz CT molecular complexity index is 5220. The minimum Gasteiger partial charge on any atom is -0.300 e. The zero-order chi connectivity index (χ0) is 65.8. The van der Waals surface area contributed by atoms with Gasteiger partial charge in [0.25, 0.3) is 0 Å². The first-order chi connectivity index (χ1) is 43.7. The number of pyridine rings is 6. The molecule has 22 nitrogen and oxygen atoms in total. The number of rotatable bonds is 14. The van der Waals surface area contributed by atoms with Crippen LogP contribution in [0, 0.1) is 11.6 Å². The van der Waals surface area contributed by atoms with Crippen molar-refractivity contribution in [1.29, 1.82) is 0 Å². The quantitative estimate of drug-likeness (QED) is 0.0991. The number of imidazole rings is 3. The van der Waals surface area contributed by atoms with E-state index in [4.69, 9.17) is 34.8 Å². The van der Waals surface area contributed by atoms with Gasteiger partial charge in [0.2, 0.25) is 10.0 Å². The molecule has 13 aromatic rings. The molecule has 0 amide bonds. The van der Waals surface area contributed by atoms with E-state index >= 15 is 0 Å². The van der Waals surface area contributed by atoms with E-state index in [0.29, 0.717) is 32.9 Å². The molecular weight excluding hydrogens is 1310 g/mol. The summed E-state index contributed by atoms with van der Waals surface area (Å²) in [6, 6.07) is 25.4. The Hall–Kier alpha value is -9.09. The van der Waals surface area contributed by atoms with E-state index in [2.05, 4.69) is 50.3 Å². The van der Waals surface area contributed by atoms with Gasteiger partial charge >= 0.3 is 0 Å². The second kappa shape index (κ2) is 27.4. The van der Waals surface area contributed by atoms with Crippen molar-refractivity contribution in [1.82, 2.24) is 72.4 Å². The summed E-state index contributed by atoms with van der Waals surface area (Å²) in [6.45, 7) is 4.67. The molecule has 0 saturated carbocycles. The molecule has 474 valence electrons. The Labute approximate surface area is 542 Å². The van der Waals surface area contributed by atoms with E-state index in [1.807, 2.05) is 114 Å². The van der Waals surface area contributed by atoms with Gasteiger partial charge in [0.15, 0.2) is 19.7 Å². The number of hydrogen-bond donors (Lipinski definition) is 1. The van der Waals surface area contributed by atoms with E-state index in [0.717, 1.165) is 79.3 Å². The van der Waals surface area contributed by atoms with Crippen LogP contribution in [0.3, 0.4) is 0 Å². The standard InChI is InChI=1S/C25H21F2N5O2S.C19H18ClN5O2S.C16H11Cl2N5.C2H7NO2S/c1-3-35(33,34)15-20-8-17(9-23(30-20)21-5-4-19(26)11-22(21)27)24-13-28-25-10-16(6-7-32(24)25)18-12-29-31(2)14-18;1-3-28(26,27)12-16-6-14(7-18(20)23-16)17-10-21-19-8-13(4-5-25(17)19)15-9-22-24(2)11-15;1-22-9-12(7-20-22)10-2-3-23-13(8-19-16(23)6-10)11-4-14(17)21-15(18)5-11;1-2-6(3,4)5/h4-14H,3,15H2,1-2H3;4-11H,3,12H2,1-2H3;2-9H,1H3;2H2,1H3,(H2,3,4,5). The fourth-order valence-electron chi connectivity index (χ4n) is 9.52. The van der Waals surface area contributed by atoms with Gasteiger partial charge in [-0.05, 0) is 109 Å². The summed E-state index contributed by atoms with van der Waals surface area (Å²) in [5.74, 6) is -1.89. The van der Waals surface area contributed by atoms with Crippen LogP contribution >= 0.6 is 34.8 Å². The number of sulfonamides is 1. The molecule has 0 radical (unpaired) electrons. The molecule has 0 atom stereocenters. The number of nitrogens with zero attached hydrogens (tertiary/aromatic N) is 15. The van der Waals surface area contributed by atoms with Crippen molar-refractivity contribution in [3.63, 3.8) is 0 Å². The molecule has 1 aromatic carbocycles. The Kier molecular flexibility index (Phi) is 19.6. The second-order valence-corrected chi connectivity index (χ2v) is 28.7. The van der Waals surface area contributed by atoms with Crippen LogP contribution in [0.15, 0.2) is 165 Å². The van der Waals surface area contributed by atoms with Crippen molar-refractivity contribution in [2.45, 2.75) is 32.3 Å². The van der Waals surface area contributed by atoms with Crippen molar-refractivity contribution < 1.29 is 34.0 Å². The molecule has 0 aliphatic carbocycles. The molecule has 0 bridgehead atoms. The van der Waals surface area contributed by atoms with E-state index in [1.165, 1.54) is 13.0 Å². The average Bonchev–Trinajstić information content (AvgIpc) is 1.73. The van der Waals surface area contributed by atoms with Gasteiger partial charge in [-0.2, -0.15) is 15.3 Å². The molecule has 0 unspecified atom stereocenters. The Balaban J connectivity index is 0.000000147. The number of halogens is 5. The first kappa shape index (κ1) is 65.8. The molecule has 30 heteroatoms. The third-order valence-corrected chi connectivity index (χ3v) is 18.9. The van der Waals surface area contributed by atoms with Gasteiger partial charge in [0.1, 0.15) is 44.0 Å². The van der Waals surface area contributed by atoms with E-state index in [-0.39, 0.29) is 50.9 Å². The van der Waals surface area contributed by atoms with Crippen LogP contribution in [-0.2, 0) is 62.3 Å². The Morgan fingerprint density at radius 2 is 0.804 bits per heavy atom. The van der Waals surface area contributed by atoms with Gasteiger partial charge in [0.05, 0.1) is 88.6 Å². The summed E-state index contributed by atoms with van der Waals surface area (Å²) in [7, 11) is -4.15. The highest BCUT2D eigenvalue weighted by Gasteiger charge is 2.20. The van der Waals surface area contributed by atoms with Crippen LogP contribution in [0.4, 0.5) is 8.78 Å². The largest absolute Gasteiger partial charge is 0.300 e. The van der Waals surface area contributed by atoms with Crippen molar-refractivity contribution in [2.75, 3.05) is 17.3 Å². The number of aryl methyl sites for hydroxylation is 3. The van der Waals surface area contributed by atoms with Gasteiger partial charge in [-0.1, -0.05) is 48.7 Å².